The van der Waals surface area contributed by atoms with Crippen LogP contribution in [0.3, 0.4) is 0 Å². The molecule has 0 saturated heterocycles. The zero-order chi connectivity index (χ0) is 14.4. The summed E-state index contributed by atoms with van der Waals surface area (Å²) in [5.41, 5.74) is 2.52. The van der Waals surface area contributed by atoms with E-state index < -0.39 is 0 Å². The number of nitrogens with one attached hydrogen (secondary N) is 1. The van der Waals surface area contributed by atoms with Gasteiger partial charge < -0.3 is 15.0 Å². The van der Waals surface area contributed by atoms with Crippen molar-refractivity contribution in [2.75, 3.05) is 27.2 Å². The maximum absolute atomic E-state index is 5.51. The predicted molar refractivity (Wildman–Crippen MR) is 81.9 cm³/mol. The minimum atomic E-state index is 0.298. The number of ether oxygens (including phenoxy) is 1. The summed E-state index contributed by atoms with van der Waals surface area (Å²) in [6.07, 6.45) is 0. The number of likely N-dealkylation sites (N-methyl/N-ethyl adjacent to an activating group) is 2. The van der Waals surface area contributed by atoms with Gasteiger partial charge in [0.05, 0.1) is 7.11 Å². The lowest BCUT2D eigenvalue weighted by atomic mass is 10.0. The normalized spacial score (nSPS) is 13.1. The van der Waals surface area contributed by atoms with Crippen molar-refractivity contribution in [3.63, 3.8) is 0 Å². The van der Waals surface area contributed by atoms with E-state index in [2.05, 4.69) is 63.2 Å². The molecule has 0 fully saturated rings. The molecule has 1 rings (SSSR count). The zero-order valence-electron chi connectivity index (χ0n) is 13.2. The van der Waals surface area contributed by atoms with Gasteiger partial charge in [-0.25, -0.2) is 0 Å². The molecule has 0 aliphatic heterocycles. The minimum Gasteiger partial charge on any atom is -0.496 e. The minimum absolute atomic E-state index is 0.298. The first-order valence-corrected chi connectivity index (χ1v) is 7.07. The van der Waals surface area contributed by atoms with Gasteiger partial charge in [0.25, 0.3) is 0 Å². The molecule has 0 bridgehead atoms. The Kier molecular flexibility index (Phi) is 6.32. The second kappa shape index (κ2) is 7.51. The van der Waals surface area contributed by atoms with Crippen LogP contribution >= 0.6 is 0 Å². The number of nitrogens with zero attached hydrogens (tertiary/aromatic N) is 1. The van der Waals surface area contributed by atoms with Gasteiger partial charge in [0, 0.05) is 24.2 Å². The quantitative estimate of drug-likeness (QED) is 0.819. The van der Waals surface area contributed by atoms with Crippen LogP contribution in [0, 0.1) is 6.92 Å². The summed E-state index contributed by atoms with van der Waals surface area (Å²) in [4.78, 5) is 2.36. The first-order chi connectivity index (χ1) is 8.99. The van der Waals surface area contributed by atoms with Gasteiger partial charge in [0.1, 0.15) is 5.75 Å². The first kappa shape index (κ1) is 16.0. The van der Waals surface area contributed by atoms with Gasteiger partial charge in [0.2, 0.25) is 0 Å². The second-order valence-electron chi connectivity index (χ2n) is 5.39. The topological polar surface area (TPSA) is 24.5 Å². The molecule has 1 N–H and O–H groups in total. The molecule has 1 unspecified atom stereocenters. The van der Waals surface area contributed by atoms with Crippen molar-refractivity contribution in [1.82, 2.24) is 10.2 Å². The van der Waals surface area contributed by atoms with E-state index in [0.29, 0.717) is 12.1 Å². The van der Waals surface area contributed by atoms with Crippen LogP contribution in [0.25, 0.3) is 0 Å². The number of benzene rings is 1. The average molecular weight is 264 g/mol. The number of hydrogen-bond acceptors (Lipinski definition) is 3. The monoisotopic (exact) mass is 264 g/mol. The summed E-state index contributed by atoms with van der Waals surface area (Å²) in [6.45, 7) is 10.6. The van der Waals surface area contributed by atoms with Gasteiger partial charge in [-0.2, -0.15) is 0 Å². The Morgan fingerprint density at radius 1 is 1.32 bits per heavy atom. The number of aryl methyl sites for hydroxylation is 1. The van der Waals surface area contributed by atoms with Crippen molar-refractivity contribution in [2.45, 2.75) is 39.8 Å². The van der Waals surface area contributed by atoms with Crippen LogP contribution in [-0.4, -0.2) is 38.2 Å². The van der Waals surface area contributed by atoms with E-state index in [4.69, 9.17) is 4.74 Å². The summed E-state index contributed by atoms with van der Waals surface area (Å²) in [5, 5.41) is 3.56. The molecule has 19 heavy (non-hydrogen) atoms. The third kappa shape index (κ3) is 4.51. The fourth-order valence-corrected chi connectivity index (χ4v) is 2.14. The van der Waals surface area contributed by atoms with Crippen molar-refractivity contribution in [3.05, 3.63) is 29.3 Å². The van der Waals surface area contributed by atoms with Gasteiger partial charge in [-0.05, 0) is 40.4 Å². The average Bonchev–Trinajstić information content (AvgIpc) is 2.37. The molecule has 108 valence electrons. The van der Waals surface area contributed by atoms with Crippen LogP contribution in [-0.2, 0) is 0 Å². The van der Waals surface area contributed by atoms with Crippen LogP contribution in [0.4, 0.5) is 0 Å². The van der Waals surface area contributed by atoms with E-state index >= 15 is 0 Å². The van der Waals surface area contributed by atoms with Gasteiger partial charge in [-0.1, -0.05) is 24.6 Å². The Bertz CT molecular complexity index is 390. The molecule has 0 radical (unpaired) electrons. The van der Waals surface area contributed by atoms with Crippen LogP contribution in [0.2, 0.25) is 0 Å². The maximum atomic E-state index is 5.51. The second-order valence-corrected chi connectivity index (χ2v) is 5.39. The fourth-order valence-electron chi connectivity index (χ4n) is 2.14. The van der Waals surface area contributed by atoms with Crippen molar-refractivity contribution in [3.8, 4) is 5.75 Å². The van der Waals surface area contributed by atoms with Gasteiger partial charge in [0.15, 0.2) is 0 Å². The van der Waals surface area contributed by atoms with Crippen molar-refractivity contribution >= 4 is 0 Å². The SMILES string of the molecule is CCNC(CN(C)C(C)C)c1cc(C)ccc1OC. The van der Waals surface area contributed by atoms with E-state index in [1.165, 1.54) is 11.1 Å². The highest BCUT2D eigenvalue weighted by Gasteiger charge is 2.18. The molecule has 0 saturated carbocycles. The molecule has 0 heterocycles. The largest absolute Gasteiger partial charge is 0.496 e. The summed E-state index contributed by atoms with van der Waals surface area (Å²) < 4.78 is 5.51. The van der Waals surface area contributed by atoms with Gasteiger partial charge in [-0.15, -0.1) is 0 Å². The van der Waals surface area contributed by atoms with Crippen LogP contribution < -0.4 is 10.1 Å². The molecule has 0 aliphatic carbocycles. The summed E-state index contributed by atoms with van der Waals surface area (Å²) >= 11 is 0. The van der Waals surface area contributed by atoms with E-state index in [1.54, 1.807) is 7.11 Å². The third-order valence-corrected chi connectivity index (χ3v) is 3.56. The Morgan fingerprint density at radius 2 is 2.00 bits per heavy atom. The molecule has 1 aromatic carbocycles. The number of hydrogen-bond donors (Lipinski definition) is 1. The summed E-state index contributed by atoms with van der Waals surface area (Å²) in [5.74, 6) is 0.966. The lowest BCUT2D eigenvalue weighted by Gasteiger charge is -2.29. The smallest absolute Gasteiger partial charge is 0.123 e. The van der Waals surface area contributed by atoms with Crippen molar-refractivity contribution in [2.24, 2.45) is 0 Å². The maximum Gasteiger partial charge on any atom is 0.123 e. The molecule has 0 spiro atoms. The van der Waals surface area contributed by atoms with Crippen LogP contribution in [0.5, 0.6) is 5.75 Å². The molecular weight excluding hydrogens is 236 g/mol. The molecule has 0 aromatic heterocycles. The fraction of sp³-hybridized carbons (Fsp3) is 0.625. The molecule has 0 amide bonds. The Balaban J connectivity index is 3.00. The van der Waals surface area contributed by atoms with Gasteiger partial charge in [-0.3, -0.25) is 0 Å². The van der Waals surface area contributed by atoms with E-state index in [9.17, 15) is 0 Å². The van der Waals surface area contributed by atoms with E-state index in [0.717, 1.165) is 18.8 Å². The Morgan fingerprint density at radius 3 is 2.53 bits per heavy atom. The molecular formula is C16H28N2O. The van der Waals surface area contributed by atoms with Crippen molar-refractivity contribution < 1.29 is 4.74 Å². The molecule has 0 aliphatic rings. The molecule has 3 heteroatoms. The summed E-state index contributed by atoms with van der Waals surface area (Å²) in [6, 6.07) is 7.21. The molecule has 3 nitrogen and oxygen atoms in total. The van der Waals surface area contributed by atoms with Gasteiger partial charge >= 0.3 is 0 Å². The van der Waals surface area contributed by atoms with E-state index in [1.807, 2.05) is 0 Å². The molecule has 1 aromatic rings. The van der Waals surface area contributed by atoms with E-state index in [-0.39, 0.29) is 0 Å². The highest BCUT2D eigenvalue weighted by atomic mass is 16.5. The number of methoxy groups -OCH3 is 1. The van der Waals surface area contributed by atoms with Crippen molar-refractivity contribution in [1.29, 1.82) is 0 Å². The lowest BCUT2D eigenvalue weighted by molar-refractivity contribution is 0.241. The van der Waals surface area contributed by atoms with Crippen LogP contribution in [0.15, 0.2) is 18.2 Å². The standard InChI is InChI=1S/C16H28N2O/c1-7-17-15(11-18(5)12(2)3)14-10-13(4)8-9-16(14)19-6/h8-10,12,15,17H,7,11H2,1-6H3. The first-order valence-electron chi connectivity index (χ1n) is 7.07. The van der Waals surface area contributed by atoms with Crippen LogP contribution in [0.1, 0.15) is 37.9 Å². The number of rotatable bonds is 7. The third-order valence-electron chi connectivity index (χ3n) is 3.56. The predicted octanol–water partition coefficient (Wildman–Crippen LogP) is 2.99. The highest BCUT2D eigenvalue weighted by molar-refractivity contribution is 5.39. The Hall–Kier alpha value is -1.06. The lowest BCUT2D eigenvalue weighted by Crippen LogP contribution is -2.36. The zero-order valence-corrected chi connectivity index (χ0v) is 13.2. The Labute approximate surface area is 118 Å². The highest BCUT2D eigenvalue weighted by Crippen LogP contribution is 2.27. The summed E-state index contributed by atoms with van der Waals surface area (Å²) in [7, 11) is 3.90. The molecule has 1 atom stereocenters.